The van der Waals surface area contributed by atoms with Gasteiger partial charge in [-0.2, -0.15) is 0 Å². The molecule has 154 valence electrons. The van der Waals surface area contributed by atoms with Crippen LogP contribution in [0.25, 0.3) is 0 Å². The number of allylic oxidation sites excluding steroid dienone is 4. The predicted octanol–water partition coefficient (Wildman–Crippen LogP) is 5.53. The van der Waals surface area contributed by atoms with Gasteiger partial charge in [0.05, 0.1) is 6.10 Å². The Morgan fingerprint density at radius 1 is 1.07 bits per heavy atom. The molecule has 1 N–H and O–H groups in total. The summed E-state index contributed by atoms with van der Waals surface area (Å²) in [5.74, 6) is -0.216. The monoisotopic (exact) mass is 398 g/mol. The van der Waals surface area contributed by atoms with Gasteiger partial charge in [0, 0.05) is 17.9 Å². The Hall–Kier alpha value is -1.81. The predicted molar refractivity (Wildman–Crippen MR) is 107 cm³/mol. The van der Waals surface area contributed by atoms with Crippen molar-refractivity contribution in [2.75, 3.05) is 0 Å². The summed E-state index contributed by atoms with van der Waals surface area (Å²) in [7, 11) is 0. The van der Waals surface area contributed by atoms with Crippen LogP contribution in [0.4, 0.5) is 8.78 Å². The summed E-state index contributed by atoms with van der Waals surface area (Å²) in [5, 5.41) is 10.8. The normalized spacial score (nSPS) is 36.4. The Morgan fingerprint density at radius 3 is 2.52 bits per heavy atom. The molecular weight excluding hydrogens is 370 g/mol. The lowest BCUT2D eigenvalue weighted by atomic mass is 9.53. The molecule has 0 amide bonds. The van der Waals surface area contributed by atoms with Crippen LogP contribution in [0.3, 0.4) is 0 Å². The fourth-order valence-electron chi connectivity index (χ4n) is 6.80. The highest BCUT2D eigenvalue weighted by Gasteiger charge is 2.56. The number of hydrogen-bond donors (Lipinski definition) is 1. The molecule has 4 aliphatic carbocycles. The molecular formula is C25H28F2O2. The molecule has 0 radical (unpaired) electrons. The zero-order valence-electron chi connectivity index (χ0n) is 17.1. The van der Waals surface area contributed by atoms with E-state index in [0.29, 0.717) is 30.2 Å². The molecule has 0 saturated heterocycles. The first-order chi connectivity index (χ1) is 13.8. The summed E-state index contributed by atoms with van der Waals surface area (Å²) in [6, 6.07) is 2.98. The zero-order chi connectivity index (χ0) is 20.5. The van der Waals surface area contributed by atoms with Gasteiger partial charge < -0.3 is 5.11 Å². The number of hydrogen-bond acceptors (Lipinski definition) is 2. The van der Waals surface area contributed by atoms with Crippen LogP contribution in [0.1, 0.15) is 68.9 Å². The molecule has 1 aromatic rings. The van der Waals surface area contributed by atoms with Gasteiger partial charge in [-0.3, -0.25) is 4.79 Å². The molecule has 5 rings (SSSR count). The van der Waals surface area contributed by atoms with Gasteiger partial charge in [-0.05, 0) is 97.6 Å². The molecule has 29 heavy (non-hydrogen) atoms. The van der Waals surface area contributed by atoms with Gasteiger partial charge in [-0.1, -0.05) is 12.5 Å². The van der Waals surface area contributed by atoms with Gasteiger partial charge in [-0.25, -0.2) is 8.78 Å². The summed E-state index contributed by atoms with van der Waals surface area (Å²) < 4.78 is 29.0. The summed E-state index contributed by atoms with van der Waals surface area (Å²) in [6.07, 6.45) is 7.03. The fraction of sp³-hybridized carbons (Fsp3) is 0.560. The van der Waals surface area contributed by atoms with Crippen LogP contribution in [-0.4, -0.2) is 17.0 Å². The highest BCUT2D eigenvalue weighted by atomic mass is 19.1. The number of carbonyl (C=O) groups is 1. The van der Waals surface area contributed by atoms with Gasteiger partial charge in [0.25, 0.3) is 0 Å². The van der Waals surface area contributed by atoms with Crippen molar-refractivity contribution in [3.05, 3.63) is 57.7 Å². The van der Waals surface area contributed by atoms with Crippen LogP contribution in [0, 0.1) is 35.8 Å². The minimum Gasteiger partial charge on any atom is -0.393 e. The van der Waals surface area contributed by atoms with E-state index in [2.05, 4.69) is 6.92 Å². The molecule has 5 atom stereocenters. The molecule has 2 fully saturated rings. The van der Waals surface area contributed by atoms with Crippen molar-refractivity contribution in [2.45, 2.75) is 70.8 Å². The average Bonchev–Trinajstić information content (AvgIpc) is 2.99. The van der Waals surface area contributed by atoms with E-state index in [9.17, 15) is 18.7 Å². The number of fused-ring (bicyclic) bond motifs is 4. The van der Waals surface area contributed by atoms with E-state index >= 15 is 0 Å². The Kier molecular flexibility index (Phi) is 4.36. The number of rotatable bonds is 1. The second-order valence-electron chi connectivity index (χ2n) is 9.79. The third-order valence-electron chi connectivity index (χ3n) is 8.39. The van der Waals surface area contributed by atoms with E-state index in [4.69, 9.17) is 0 Å². The number of carbonyl (C=O) groups excluding carboxylic acids is 1. The molecule has 4 aliphatic rings. The second kappa shape index (κ2) is 6.60. The topological polar surface area (TPSA) is 37.3 Å². The van der Waals surface area contributed by atoms with Crippen molar-refractivity contribution in [3.63, 3.8) is 0 Å². The first kappa shape index (κ1) is 19.2. The summed E-state index contributed by atoms with van der Waals surface area (Å²) >= 11 is 0. The zero-order valence-corrected chi connectivity index (χ0v) is 17.1. The first-order valence-electron chi connectivity index (χ1n) is 10.9. The van der Waals surface area contributed by atoms with Gasteiger partial charge in [0.15, 0.2) is 5.78 Å². The number of aliphatic hydroxyl groups excluding tert-OH is 1. The summed E-state index contributed by atoms with van der Waals surface area (Å²) in [6.45, 7) is 3.63. The van der Waals surface area contributed by atoms with Crippen LogP contribution in [0.2, 0.25) is 0 Å². The van der Waals surface area contributed by atoms with E-state index in [-0.39, 0.29) is 28.8 Å². The molecule has 0 aliphatic heterocycles. The maximum atomic E-state index is 14.5. The fourth-order valence-corrected chi connectivity index (χ4v) is 6.80. The van der Waals surface area contributed by atoms with Crippen LogP contribution >= 0.6 is 0 Å². The molecule has 0 heterocycles. The maximum absolute atomic E-state index is 14.5. The number of aliphatic hydroxyl groups is 1. The van der Waals surface area contributed by atoms with E-state index in [1.165, 1.54) is 30.2 Å². The molecule has 2 nitrogen and oxygen atoms in total. The Balaban J connectivity index is 1.71. The highest BCUT2D eigenvalue weighted by molar-refractivity contribution is 5.93. The van der Waals surface area contributed by atoms with Gasteiger partial charge in [0.2, 0.25) is 0 Å². The van der Waals surface area contributed by atoms with Gasteiger partial charge in [0.1, 0.15) is 11.6 Å². The van der Waals surface area contributed by atoms with E-state index in [1.807, 2.05) is 0 Å². The SMILES string of the molecule is Cc1c(F)cc(C2CC3(C)C(O)CCC3C3CCC4=CC(=O)CCC4=C23)cc1F. The lowest BCUT2D eigenvalue weighted by Gasteiger charge is -2.52. The van der Waals surface area contributed by atoms with Crippen molar-refractivity contribution < 1.29 is 18.7 Å². The highest BCUT2D eigenvalue weighted by Crippen LogP contribution is 2.63. The molecule has 0 aromatic heterocycles. The average molecular weight is 398 g/mol. The largest absolute Gasteiger partial charge is 0.393 e. The molecule has 4 heteroatoms. The minimum atomic E-state index is -0.508. The Morgan fingerprint density at radius 2 is 1.79 bits per heavy atom. The van der Waals surface area contributed by atoms with Crippen molar-refractivity contribution in [2.24, 2.45) is 17.3 Å². The van der Waals surface area contributed by atoms with Crippen molar-refractivity contribution in [1.82, 2.24) is 0 Å². The van der Waals surface area contributed by atoms with Gasteiger partial charge >= 0.3 is 0 Å². The van der Waals surface area contributed by atoms with Crippen molar-refractivity contribution in [1.29, 1.82) is 0 Å². The molecule has 5 unspecified atom stereocenters. The van der Waals surface area contributed by atoms with Crippen molar-refractivity contribution >= 4 is 5.78 Å². The quantitative estimate of drug-likeness (QED) is 0.675. The lowest BCUT2D eigenvalue weighted by Crippen LogP contribution is -2.45. The second-order valence-corrected chi connectivity index (χ2v) is 9.79. The summed E-state index contributed by atoms with van der Waals surface area (Å²) in [5.41, 5.74) is 4.19. The molecule has 1 aromatic carbocycles. The molecule has 2 saturated carbocycles. The Labute approximate surface area is 170 Å². The third kappa shape index (κ3) is 2.78. The Bertz CT molecular complexity index is 937. The number of halogens is 2. The van der Waals surface area contributed by atoms with Crippen LogP contribution in [-0.2, 0) is 4.79 Å². The van der Waals surface area contributed by atoms with E-state index in [0.717, 1.165) is 37.7 Å². The van der Waals surface area contributed by atoms with Crippen molar-refractivity contribution in [3.8, 4) is 0 Å². The minimum absolute atomic E-state index is 0.0521. The summed E-state index contributed by atoms with van der Waals surface area (Å²) in [4.78, 5) is 12.0. The van der Waals surface area contributed by atoms with Gasteiger partial charge in [-0.15, -0.1) is 0 Å². The number of ketones is 1. The molecule has 0 spiro atoms. The van der Waals surface area contributed by atoms with Crippen LogP contribution in [0.15, 0.2) is 34.9 Å². The van der Waals surface area contributed by atoms with Crippen LogP contribution in [0.5, 0.6) is 0 Å². The van der Waals surface area contributed by atoms with Crippen LogP contribution < -0.4 is 0 Å². The van der Waals surface area contributed by atoms with E-state index in [1.54, 1.807) is 6.08 Å². The molecule has 0 bridgehead atoms. The smallest absolute Gasteiger partial charge is 0.156 e. The first-order valence-corrected chi connectivity index (χ1v) is 10.9. The standard InChI is InChI=1S/C25H28F2O2/c1-13-21(26)10-15(11-22(13)27)19-12-25(2)20(7-8-23(25)29)18-5-3-14-9-16(28)4-6-17(14)24(18)19/h9-11,18-20,23,29H,3-8,12H2,1-2H3. The van der Waals surface area contributed by atoms with E-state index < -0.39 is 11.6 Å². The third-order valence-corrected chi connectivity index (χ3v) is 8.39. The maximum Gasteiger partial charge on any atom is 0.156 e. The number of benzene rings is 1. The lowest BCUT2D eigenvalue weighted by molar-refractivity contribution is -0.114.